The molecule has 0 bridgehead atoms. The Morgan fingerprint density at radius 3 is 2.64 bits per heavy atom. The van der Waals surface area contributed by atoms with E-state index in [1.165, 1.54) is 0 Å². The van der Waals surface area contributed by atoms with Gasteiger partial charge >= 0.3 is 0 Å². The minimum absolute atomic E-state index is 0.223. The third-order valence-corrected chi connectivity index (χ3v) is 5.01. The predicted molar refractivity (Wildman–Crippen MR) is 106 cm³/mol. The number of rotatable bonds is 4. The summed E-state index contributed by atoms with van der Waals surface area (Å²) in [4.78, 5) is 15.1. The second kappa shape index (κ2) is 8.21. The molecule has 132 valence electrons. The smallest absolute Gasteiger partial charge is 0.259 e. The molecule has 0 radical (unpaired) electrons. The van der Waals surface area contributed by atoms with Crippen molar-refractivity contribution in [3.05, 3.63) is 50.9 Å². The molecule has 1 N–H and O–H groups in total. The number of hydrogen-bond donors (Lipinski definition) is 1. The van der Waals surface area contributed by atoms with E-state index in [0.29, 0.717) is 24.5 Å². The lowest BCUT2D eigenvalue weighted by Crippen LogP contribution is -2.36. The van der Waals surface area contributed by atoms with Crippen LogP contribution in [0, 0.1) is 0 Å². The van der Waals surface area contributed by atoms with Crippen molar-refractivity contribution >= 4 is 49.1 Å². The molecule has 7 heteroatoms. The number of carbonyl (C=O) groups excluding carboxylic acids is 1. The maximum Gasteiger partial charge on any atom is 0.259 e. The maximum absolute atomic E-state index is 12.9. The maximum atomic E-state index is 12.9. The van der Waals surface area contributed by atoms with Crippen LogP contribution in [0.5, 0.6) is 5.75 Å². The molecular weight excluding hydrogens is 452 g/mol. The first-order chi connectivity index (χ1) is 12.1. The molecule has 1 saturated heterocycles. The molecule has 5 nitrogen and oxygen atoms in total. The summed E-state index contributed by atoms with van der Waals surface area (Å²) in [5, 5.41) is 3.01. The molecule has 0 aliphatic carbocycles. The Balaban J connectivity index is 1.89. The molecule has 0 spiro atoms. The largest absolute Gasteiger partial charge is 0.495 e. The van der Waals surface area contributed by atoms with Gasteiger partial charge in [0.05, 0.1) is 41.7 Å². The highest BCUT2D eigenvalue weighted by Crippen LogP contribution is 2.34. The fourth-order valence-corrected chi connectivity index (χ4v) is 4.17. The van der Waals surface area contributed by atoms with Gasteiger partial charge < -0.3 is 19.7 Å². The number of ether oxygens (including phenoxy) is 2. The zero-order valence-corrected chi connectivity index (χ0v) is 16.9. The van der Waals surface area contributed by atoms with E-state index in [0.717, 1.165) is 33.4 Å². The summed E-state index contributed by atoms with van der Waals surface area (Å²) < 4.78 is 12.3. The normalized spacial score (nSPS) is 14.3. The second-order valence-electron chi connectivity index (χ2n) is 5.54. The van der Waals surface area contributed by atoms with Crippen LogP contribution in [-0.4, -0.2) is 39.3 Å². The molecule has 0 saturated carbocycles. The van der Waals surface area contributed by atoms with Crippen LogP contribution in [0.15, 0.2) is 45.3 Å². The molecule has 1 aliphatic rings. The minimum Gasteiger partial charge on any atom is -0.495 e. The number of carbonyl (C=O) groups is 1. The fourth-order valence-electron chi connectivity index (χ4n) is 2.79. The Morgan fingerprint density at radius 1 is 1.20 bits per heavy atom. The van der Waals surface area contributed by atoms with Gasteiger partial charge in [-0.15, -0.1) is 0 Å². The summed E-state index contributed by atoms with van der Waals surface area (Å²) in [7, 11) is 1.55. The Labute approximate surface area is 163 Å². The molecule has 0 atom stereocenters. The first-order valence-corrected chi connectivity index (χ1v) is 9.45. The summed E-state index contributed by atoms with van der Waals surface area (Å²) in [5.74, 6) is 0.282. The van der Waals surface area contributed by atoms with Gasteiger partial charge in [0.15, 0.2) is 0 Å². The first kappa shape index (κ1) is 18.2. The van der Waals surface area contributed by atoms with Crippen LogP contribution in [-0.2, 0) is 4.74 Å². The molecule has 1 fully saturated rings. The topological polar surface area (TPSA) is 50.8 Å². The van der Waals surface area contributed by atoms with Crippen LogP contribution in [0.1, 0.15) is 10.4 Å². The summed E-state index contributed by atoms with van der Waals surface area (Å²) in [6.45, 7) is 2.99. The summed E-state index contributed by atoms with van der Waals surface area (Å²) in [5.41, 5.74) is 2.22. The molecule has 2 aromatic carbocycles. The first-order valence-electron chi connectivity index (χ1n) is 7.86. The molecule has 0 aromatic heterocycles. The zero-order chi connectivity index (χ0) is 17.8. The number of amides is 1. The average Bonchev–Trinajstić information content (AvgIpc) is 2.62. The lowest BCUT2D eigenvalue weighted by atomic mass is 10.1. The van der Waals surface area contributed by atoms with Crippen molar-refractivity contribution in [2.45, 2.75) is 0 Å². The van der Waals surface area contributed by atoms with E-state index < -0.39 is 0 Å². The number of para-hydroxylation sites is 2. The highest BCUT2D eigenvalue weighted by molar-refractivity contribution is 9.11. The summed E-state index contributed by atoms with van der Waals surface area (Å²) in [6.07, 6.45) is 0. The van der Waals surface area contributed by atoms with Crippen LogP contribution in [0.25, 0.3) is 0 Å². The van der Waals surface area contributed by atoms with Gasteiger partial charge in [0.2, 0.25) is 0 Å². The third-order valence-electron chi connectivity index (χ3n) is 3.96. The van der Waals surface area contributed by atoms with E-state index >= 15 is 0 Å². The lowest BCUT2D eigenvalue weighted by molar-refractivity contribution is 0.102. The fraction of sp³-hybridized carbons (Fsp3) is 0.278. The van der Waals surface area contributed by atoms with E-state index in [4.69, 9.17) is 9.47 Å². The van der Waals surface area contributed by atoms with Crippen molar-refractivity contribution in [2.24, 2.45) is 0 Å². The Morgan fingerprint density at radius 2 is 1.92 bits per heavy atom. The van der Waals surface area contributed by atoms with E-state index in [-0.39, 0.29) is 5.91 Å². The van der Waals surface area contributed by atoms with Gasteiger partial charge in [-0.05, 0) is 40.2 Å². The average molecular weight is 470 g/mol. The molecule has 25 heavy (non-hydrogen) atoms. The highest BCUT2D eigenvalue weighted by Gasteiger charge is 2.19. The molecule has 1 aliphatic heterocycles. The highest BCUT2D eigenvalue weighted by atomic mass is 79.9. The number of hydrogen-bond acceptors (Lipinski definition) is 4. The molecule has 1 amide bonds. The van der Waals surface area contributed by atoms with Gasteiger partial charge in [-0.25, -0.2) is 0 Å². The number of nitrogens with one attached hydrogen (secondary N) is 1. The van der Waals surface area contributed by atoms with Crippen molar-refractivity contribution in [1.82, 2.24) is 0 Å². The van der Waals surface area contributed by atoms with Crippen molar-refractivity contribution in [3.8, 4) is 5.75 Å². The number of nitrogens with zero attached hydrogens (tertiary/aromatic N) is 1. The van der Waals surface area contributed by atoms with Crippen molar-refractivity contribution in [1.29, 1.82) is 0 Å². The van der Waals surface area contributed by atoms with Gasteiger partial charge in [-0.3, -0.25) is 4.79 Å². The molecule has 1 heterocycles. The lowest BCUT2D eigenvalue weighted by Gasteiger charge is -2.30. The van der Waals surface area contributed by atoms with Gasteiger partial charge in [0, 0.05) is 17.6 Å². The van der Waals surface area contributed by atoms with Crippen molar-refractivity contribution < 1.29 is 14.3 Å². The van der Waals surface area contributed by atoms with Gasteiger partial charge in [-0.2, -0.15) is 0 Å². The Kier molecular flexibility index (Phi) is 5.98. The van der Waals surface area contributed by atoms with E-state index in [1.54, 1.807) is 13.2 Å². The third kappa shape index (κ3) is 4.16. The molecular formula is C18H18Br2N2O3. The number of methoxy groups -OCH3 is 1. The molecule has 2 aromatic rings. The number of anilines is 2. The SMILES string of the molecule is COc1c(Br)cc(Br)cc1C(=O)Nc1ccccc1N1CCOCC1. The van der Waals surface area contributed by atoms with Crippen LogP contribution in [0.3, 0.4) is 0 Å². The Hall–Kier alpha value is -1.57. The van der Waals surface area contributed by atoms with Crippen molar-refractivity contribution in [2.75, 3.05) is 43.6 Å². The number of halogens is 2. The quantitative estimate of drug-likeness (QED) is 0.724. The van der Waals surface area contributed by atoms with Crippen LogP contribution < -0.4 is 15.0 Å². The van der Waals surface area contributed by atoms with E-state index in [9.17, 15) is 4.79 Å². The van der Waals surface area contributed by atoms with E-state index in [1.807, 2.05) is 30.3 Å². The second-order valence-corrected chi connectivity index (χ2v) is 7.31. The number of morpholine rings is 1. The van der Waals surface area contributed by atoms with Gasteiger partial charge in [0.25, 0.3) is 5.91 Å². The van der Waals surface area contributed by atoms with E-state index in [2.05, 4.69) is 42.1 Å². The zero-order valence-electron chi connectivity index (χ0n) is 13.7. The molecule has 0 unspecified atom stereocenters. The van der Waals surface area contributed by atoms with Crippen LogP contribution in [0.2, 0.25) is 0 Å². The number of benzene rings is 2. The monoisotopic (exact) mass is 468 g/mol. The standard InChI is InChI=1S/C18H18Br2N2O3/c1-24-17-13(10-12(19)11-14(17)20)18(23)21-15-4-2-3-5-16(15)22-6-8-25-9-7-22/h2-5,10-11H,6-9H2,1H3,(H,21,23). The van der Waals surface area contributed by atoms with Gasteiger partial charge in [0.1, 0.15) is 5.75 Å². The summed E-state index contributed by atoms with van der Waals surface area (Å²) in [6, 6.07) is 11.4. The predicted octanol–water partition coefficient (Wildman–Crippen LogP) is 4.31. The Bertz CT molecular complexity index is 777. The van der Waals surface area contributed by atoms with Gasteiger partial charge in [-0.1, -0.05) is 28.1 Å². The summed E-state index contributed by atoms with van der Waals surface area (Å²) >= 11 is 6.85. The minimum atomic E-state index is -0.223. The molecule has 3 rings (SSSR count). The van der Waals surface area contributed by atoms with Crippen molar-refractivity contribution in [3.63, 3.8) is 0 Å². The van der Waals surface area contributed by atoms with Crippen LogP contribution in [0.4, 0.5) is 11.4 Å². The van der Waals surface area contributed by atoms with Crippen LogP contribution >= 0.6 is 31.9 Å².